The summed E-state index contributed by atoms with van der Waals surface area (Å²) < 4.78 is 0. The van der Waals surface area contributed by atoms with Crippen molar-refractivity contribution in [1.29, 1.82) is 0 Å². The molecular formula is C23H34ClN5O5. The summed E-state index contributed by atoms with van der Waals surface area (Å²) in [5.41, 5.74) is 11.2. The predicted octanol–water partition coefficient (Wildman–Crippen LogP) is -0.599. The number of carbonyl (C=O) groups is 4. The standard InChI is InChI=1S/C23H34ClN5O5/c1-23(2,3)29-12-14(24)10-17(29)21(33)28-22(34)19(31)16(9-13-7-5-4-6-8-13)27-20(32)15(25)11-18(26)30/h4-8,14-17,19,31H,9-12,25H2,1-3H3,(H2,26,30)(H,27,32)(H,28,33,34)/t14-,15-,16-,17-,19-/m0/s1. The third-order valence-electron chi connectivity index (χ3n) is 5.69. The van der Waals surface area contributed by atoms with E-state index in [1.165, 1.54) is 0 Å². The van der Waals surface area contributed by atoms with Crippen LogP contribution < -0.4 is 22.1 Å². The molecule has 4 amide bonds. The van der Waals surface area contributed by atoms with E-state index in [1.54, 1.807) is 30.3 Å². The van der Waals surface area contributed by atoms with Crippen LogP contribution in [0.25, 0.3) is 0 Å². The highest BCUT2D eigenvalue weighted by Gasteiger charge is 2.42. The first kappa shape index (κ1) is 27.7. The van der Waals surface area contributed by atoms with Crippen LogP contribution in [0.5, 0.6) is 0 Å². The number of aliphatic hydroxyl groups is 1. The van der Waals surface area contributed by atoms with E-state index in [0.717, 1.165) is 5.56 Å². The Labute approximate surface area is 204 Å². The van der Waals surface area contributed by atoms with Gasteiger partial charge in [-0.2, -0.15) is 0 Å². The summed E-state index contributed by atoms with van der Waals surface area (Å²) in [6, 6.07) is 5.88. The van der Waals surface area contributed by atoms with Crippen molar-refractivity contribution in [1.82, 2.24) is 15.5 Å². The second-order valence-electron chi connectivity index (χ2n) is 9.55. The molecule has 11 heteroatoms. The molecule has 2 rings (SSSR count). The molecule has 7 N–H and O–H groups in total. The van der Waals surface area contributed by atoms with E-state index < -0.39 is 54.3 Å². The van der Waals surface area contributed by atoms with Crippen LogP contribution in [0.2, 0.25) is 0 Å². The van der Waals surface area contributed by atoms with Crippen molar-refractivity contribution in [2.45, 2.75) is 75.2 Å². The number of amides is 4. The second-order valence-corrected chi connectivity index (χ2v) is 10.2. The Hall–Kier alpha value is -2.53. The average Bonchev–Trinajstić information content (AvgIpc) is 3.15. The molecule has 5 atom stereocenters. The monoisotopic (exact) mass is 495 g/mol. The largest absolute Gasteiger partial charge is 0.381 e. The van der Waals surface area contributed by atoms with Crippen molar-refractivity contribution >= 4 is 35.2 Å². The van der Waals surface area contributed by atoms with E-state index in [-0.39, 0.29) is 17.3 Å². The molecule has 1 aliphatic rings. The van der Waals surface area contributed by atoms with E-state index in [1.807, 2.05) is 25.7 Å². The lowest BCUT2D eigenvalue weighted by Gasteiger charge is -2.36. The lowest BCUT2D eigenvalue weighted by molar-refractivity contribution is -0.140. The number of hydrogen-bond donors (Lipinski definition) is 5. The number of benzene rings is 1. The fourth-order valence-corrected chi connectivity index (χ4v) is 4.26. The molecule has 1 aromatic rings. The summed E-state index contributed by atoms with van der Waals surface area (Å²) in [7, 11) is 0. The number of imide groups is 1. The van der Waals surface area contributed by atoms with Crippen LogP contribution >= 0.6 is 11.6 Å². The van der Waals surface area contributed by atoms with Gasteiger partial charge in [-0.25, -0.2) is 0 Å². The van der Waals surface area contributed by atoms with Gasteiger partial charge in [0.15, 0.2) is 6.10 Å². The molecule has 1 saturated heterocycles. The molecule has 0 aliphatic carbocycles. The first-order valence-corrected chi connectivity index (χ1v) is 11.5. The number of likely N-dealkylation sites (tertiary alicyclic amines) is 1. The summed E-state index contributed by atoms with van der Waals surface area (Å²) in [4.78, 5) is 51.2. The van der Waals surface area contributed by atoms with Crippen LogP contribution in [-0.2, 0) is 25.6 Å². The summed E-state index contributed by atoms with van der Waals surface area (Å²) in [5, 5.41) is 15.3. The second kappa shape index (κ2) is 11.7. The molecule has 0 saturated carbocycles. The highest BCUT2D eigenvalue weighted by molar-refractivity contribution is 6.21. The maximum absolute atomic E-state index is 12.9. The van der Waals surface area contributed by atoms with Crippen LogP contribution in [0.3, 0.4) is 0 Å². The number of halogens is 1. The minimum atomic E-state index is -1.76. The zero-order valence-corrected chi connectivity index (χ0v) is 20.4. The highest BCUT2D eigenvalue weighted by atomic mass is 35.5. The van der Waals surface area contributed by atoms with E-state index in [0.29, 0.717) is 13.0 Å². The molecule has 0 aromatic heterocycles. The number of nitrogens with two attached hydrogens (primary N) is 2. The first-order valence-electron chi connectivity index (χ1n) is 11.1. The van der Waals surface area contributed by atoms with E-state index in [4.69, 9.17) is 23.1 Å². The number of rotatable bonds is 9. The molecular weight excluding hydrogens is 462 g/mol. The van der Waals surface area contributed by atoms with Gasteiger partial charge in [0, 0.05) is 17.5 Å². The van der Waals surface area contributed by atoms with Crippen LogP contribution in [0.15, 0.2) is 30.3 Å². The zero-order chi connectivity index (χ0) is 25.6. The molecule has 1 heterocycles. The van der Waals surface area contributed by atoms with Gasteiger partial charge < -0.3 is 21.9 Å². The molecule has 0 unspecified atom stereocenters. The molecule has 0 bridgehead atoms. The maximum atomic E-state index is 12.9. The van der Waals surface area contributed by atoms with E-state index >= 15 is 0 Å². The van der Waals surface area contributed by atoms with Crippen molar-refractivity contribution in [3.8, 4) is 0 Å². The van der Waals surface area contributed by atoms with E-state index in [9.17, 15) is 24.3 Å². The normalized spacial score (nSPS) is 21.4. The SMILES string of the molecule is CC(C)(C)N1C[C@@H](Cl)C[C@H]1C(=O)NC(=O)[C@@H](O)[C@H](Cc1ccccc1)NC(=O)[C@@H](N)CC(N)=O. The number of hydrogen-bond acceptors (Lipinski definition) is 7. The number of alkyl halides is 1. The molecule has 1 fully saturated rings. The molecule has 0 spiro atoms. The van der Waals surface area contributed by atoms with Gasteiger partial charge in [0.05, 0.1) is 24.5 Å². The number of primary amides is 1. The van der Waals surface area contributed by atoms with Crippen LogP contribution in [0, 0.1) is 0 Å². The van der Waals surface area contributed by atoms with Crippen molar-refractivity contribution in [3.63, 3.8) is 0 Å². The van der Waals surface area contributed by atoms with Gasteiger partial charge in [0.25, 0.3) is 5.91 Å². The van der Waals surface area contributed by atoms with Gasteiger partial charge in [-0.05, 0) is 39.2 Å². The third kappa shape index (κ3) is 7.76. The fraction of sp³-hybridized carbons (Fsp3) is 0.565. The Morgan fingerprint density at radius 3 is 2.35 bits per heavy atom. The van der Waals surface area contributed by atoms with E-state index in [2.05, 4.69) is 10.6 Å². The summed E-state index contributed by atoms with van der Waals surface area (Å²) >= 11 is 6.27. The van der Waals surface area contributed by atoms with Gasteiger partial charge in [-0.3, -0.25) is 29.4 Å². The number of nitrogens with zero attached hydrogens (tertiary/aromatic N) is 1. The summed E-state index contributed by atoms with van der Waals surface area (Å²) in [6.45, 7) is 6.32. The van der Waals surface area contributed by atoms with Gasteiger partial charge in [-0.15, -0.1) is 11.6 Å². The Bertz CT molecular complexity index is 891. The quantitative estimate of drug-likeness (QED) is 0.285. The topological polar surface area (TPSA) is 168 Å². The van der Waals surface area contributed by atoms with Crippen molar-refractivity contribution < 1.29 is 24.3 Å². The number of nitrogens with one attached hydrogen (secondary N) is 2. The third-order valence-corrected chi connectivity index (χ3v) is 6.01. The lowest BCUT2D eigenvalue weighted by atomic mass is 9.99. The van der Waals surface area contributed by atoms with Gasteiger partial charge in [0.1, 0.15) is 0 Å². The molecule has 34 heavy (non-hydrogen) atoms. The molecule has 1 aromatic carbocycles. The molecule has 1 aliphatic heterocycles. The molecule has 0 radical (unpaired) electrons. The Morgan fingerprint density at radius 1 is 1.18 bits per heavy atom. The zero-order valence-electron chi connectivity index (χ0n) is 19.7. The Balaban J connectivity index is 2.14. The summed E-state index contributed by atoms with van der Waals surface area (Å²) in [5.74, 6) is -3.04. The fourth-order valence-electron chi connectivity index (χ4n) is 3.94. The van der Waals surface area contributed by atoms with Gasteiger partial charge >= 0.3 is 0 Å². The van der Waals surface area contributed by atoms with Crippen LogP contribution in [0.4, 0.5) is 0 Å². The average molecular weight is 496 g/mol. The molecule has 10 nitrogen and oxygen atoms in total. The van der Waals surface area contributed by atoms with Crippen LogP contribution in [0.1, 0.15) is 39.2 Å². The highest BCUT2D eigenvalue weighted by Crippen LogP contribution is 2.29. The van der Waals surface area contributed by atoms with Crippen molar-refractivity contribution in [2.24, 2.45) is 11.5 Å². The molecule has 188 valence electrons. The number of aliphatic hydroxyl groups excluding tert-OH is 1. The Kier molecular flexibility index (Phi) is 9.57. The van der Waals surface area contributed by atoms with Crippen molar-refractivity contribution in [3.05, 3.63) is 35.9 Å². The predicted molar refractivity (Wildman–Crippen MR) is 128 cm³/mol. The Morgan fingerprint density at radius 2 is 1.79 bits per heavy atom. The lowest BCUT2D eigenvalue weighted by Crippen LogP contribution is -2.58. The smallest absolute Gasteiger partial charge is 0.257 e. The van der Waals surface area contributed by atoms with Gasteiger partial charge in [-0.1, -0.05) is 30.3 Å². The van der Waals surface area contributed by atoms with Crippen LogP contribution in [-0.4, -0.2) is 75.3 Å². The summed E-state index contributed by atoms with van der Waals surface area (Å²) in [6.07, 6.45) is -1.71. The number of carbonyl (C=O) groups excluding carboxylic acids is 4. The minimum Gasteiger partial charge on any atom is -0.381 e. The first-order chi connectivity index (χ1) is 15.8. The van der Waals surface area contributed by atoms with Gasteiger partial charge in [0.2, 0.25) is 17.7 Å². The van der Waals surface area contributed by atoms with Crippen molar-refractivity contribution in [2.75, 3.05) is 6.54 Å². The minimum absolute atomic E-state index is 0.0833. The maximum Gasteiger partial charge on any atom is 0.257 e.